The van der Waals surface area contributed by atoms with E-state index in [0.717, 1.165) is 0 Å². The number of fused-ring (bicyclic) bond motifs is 3. The van der Waals surface area contributed by atoms with E-state index in [1.165, 1.54) is 18.3 Å². The van der Waals surface area contributed by atoms with Gasteiger partial charge in [-0.1, -0.05) is 12.1 Å². The van der Waals surface area contributed by atoms with Crippen LogP contribution in [0.3, 0.4) is 0 Å². The molecule has 7 heteroatoms. The summed E-state index contributed by atoms with van der Waals surface area (Å²) < 4.78 is -0.390. The van der Waals surface area contributed by atoms with Crippen LogP contribution in [0.1, 0.15) is 10.4 Å². The molecule has 0 spiro atoms. The first-order chi connectivity index (χ1) is 9.98. The van der Waals surface area contributed by atoms with Crippen LogP contribution >= 0.6 is 0 Å². The molecule has 1 atom stereocenters. The molecule has 2 aliphatic heterocycles. The number of carbonyl (C=O) groups excluding carboxylic acids is 2. The fraction of sp³-hybridized carbons (Fsp3) is 0.214. The van der Waals surface area contributed by atoms with E-state index in [1.54, 1.807) is 37.5 Å². The van der Waals surface area contributed by atoms with E-state index in [4.69, 9.17) is 0 Å². The molecule has 2 heterocycles. The number of hydrogen-bond acceptors (Lipinski definition) is 4. The molecule has 0 fully saturated rings. The molecule has 3 amide bonds. The third kappa shape index (κ3) is 1.71. The Labute approximate surface area is 121 Å². The van der Waals surface area contributed by atoms with Gasteiger partial charge in [0.15, 0.2) is 11.4 Å². The van der Waals surface area contributed by atoms with Crippen molar-refractivity contribution in [3.05, 3.63) is 41.7 Å². The van der Waals surface area contributed by atoms with Gasteiger partial charge in [-0.3, -0.25) is 10.0 Å². The fourth-order valence-corrected chi connectivity index (χ4v) is 2.74. The van der Waals surface area contributed by atoms with Crippen molar-refractivity contribution in [2.75, 3.05) is 20.6 Å². The normalized spacial score (nSPS) is 23.3. The van der Waals surface area contributed by atoms with Crippen molar-refractivity contribution in [3.8, 4) is 0 Å². The highest BCUT2D eigenvalue weighted by molar-refractivity contribution is 6.12. The van der Waals surface area contributed by atoms with Crippen LogP contribution in [0.4, 0.5) is 10.5 Å². The smallest absolute Gasteiger partial charge is 0.332 e. The van der Waals surface area contributed by atoms with Gasteiger partial charge in [-0.25, -0.2) is 9.79 Å². The predicted octanol–water partition coefficient (Wildman–Crippen LogP) is 1.40. The van der Waals surface area contributed by atoms with E-state index in [2.05, 4.69) is 4.99 Å². The Hall–Kier alpha value is -2.51. The Bertz CT molecular complexity index is 695. The van der Waals surface area contributed by atoms with E-state index in [-0.39, 0.29) is 16.9 Å². The van der Waals surface area contributed by atoms with Gasteiger partial charge in [0.05, 0.1) is 12.7 Å². The average molecular weight is 287 g/mol. The molecule has 3 rings (SSSR count). The minimum atomic E-state index is -0.585. The highest BCUT2D eigenvalue weighted by Crippen LogP contribution is 2.38. The number of hydroxylamine groups is 2. The monoisotopic (exact) mass is 287 g/mol. The summed E-state index contributed by atoms with van der Waals surface area (Å²) >= 11 is 0. The second-order valence-electron chi connectivity index (χ2n) is 5.09. The van der Waals surface area contributed by atoms with Crippen molar-refractivity contribution in [1.82, 2.24) is 14.4 Å². The van der Waals surface area contributed by atoms with Crippen molar-refractivity contribution in [2.45, 2.75) is 0 Å². The van der Waals surface area contributed by atoms with Crippen molar-refractivity contribution < 1.29 is 14.8 Å². The third-order valence-corrected chi connectivity index (χ3v) is 3.76. The van der Waals surface area contributed by atoms with E-state index in [9.17, 15) is 14.8 Å². The number of hydrogen-bond donors (Lipinski definition) is 1. The van der Waals surface area contributed by atoms with Crippen molar-refractivity contribution in [3.63, 3.8) is 0 Å². The summed E-state index contributed by atoms with van der Waals surface area (Å²) in [6.45, 7) is 0.257. The lowest BCUT2D eigenvalue weighted by molar-refractivity contribution is -0.0241. The van der Waals surface area contributed by atoms with Crippen molar-refractivity contribution in [2.24, 2.45) is 4.99 Å². The van der Waals surface area contributed by atoms with Gasteiger partial charge in [0.1, 0.15) is 5.56 Å². The highest BCUT2D eigenvalue weighted by Gasteiger charge is 2.51. The average Bonchev–Trinajstić information content (AvgIpc) is 2.86. The summed E-state index contributed by atoms with van der Waals surface area (Å²) in [7, 11) is 2.93. The molecule has 1 aromatic carbocycles. The molecule has 0 saturated carbocycles. The standard InChI is InChI=1S/C14H15N4O3/c1-16-8-10-7-15-9-18(10,14(20)17(2)21)12-6-4-3-5-11(12)13(16)19/h3-7,9,21H,8H2,1-2H3/q+1. The lowest BCUT2D eigenvalue weighted by atomic mass is 10.1. The van der Waals surface area contributed by atoms with Crippen LogP contribution in [0.5, 0.6) is 0 Å². The van der Waals surface area contributed by atoms with E-state index >= 15 is 0 Å². The molecule has 21 heavy (non-hydrogen) atoms. The third-order valence-electron chi connectivity index (χ3n) is 3.76. The predicted molar refractivity (Wildman–Crippen MR) is 76.7 cm³/mol. The Kier molecular flexibility index (Phi) is 2.89. The Balaban J connectivity index is 2.32. The Morgan fingerprint density at radius 1 is 1.43 bits per heavy atom. The Morgan fingerprint density at radius 2 is 2.14 bits per heavy atom. The zero-order valence-corrected chi connectivity index (χ0v) is 11.7. The number of carbonyl (C=O) groups is 2. The summed E-state index contributed by atoms with van der Waals surface area (Å²) in [5, 5.41) is 10.2. The zero-order chi connectivity index (χ0) is 15.2. The lowest BCUT2D eigenvalue weighted by Gasteiger charge is -2.29. The van der Waals surface area contributed by atoms with Gasteiger partial charge in [-0.2, -0.15) is 5.06 Å². The van der Waals surface area contributed by atoms with E-state index < -0.39 is 6.03 Å². The Morgan fingerprint density at radius 3 is 2.86 bits per heavy atom. The van der Waals surface area contributed by atoms with E-state index in [1.807, 2.05) is 0 Å². The van der Waals surface area contributed by atoms with Crippen LogP contribution in [-0.2, 0) is 0 Å². The van der Waals surface area contributed by atoms with Crippen LogP contribution < -0.4 is 4.48 Å². The van der Waals surface area contributed by atoms with Gasteiger partial charge >= 0.3 is 6.03 Å². The first kappa shape index (κ1) is 13.5. The van der Waals surface area contributed by atoms with Crippen molar-refractivity contribution in [1.29, 1.82) is 0 Å². The molecule has 1 unspecified atom stereocenters. The maximum atomic E-state index is 12.6. The van der Waals surface area contributed by atoms with Crippen LogP contribution in [0.15, 0.2) is 41.2 Å². The molecule has 7 nitrogen and oxygen atoms in total. The molecular weight excluding hydrogens is 272 g/mol. The van der Waals surface area contributed by atoms with Crippen LogP contribution in [-0.4, -0.2) is 54.1 Å². The number of urea groups is 1. The first-order valence-corrected chi connectivity index (χ1v) is 6.43. The number of benzene rings is 1. The van der Waals surface area contributed by atoms with Crippen LogP contribution in [0.25, 0.3) is 0 Å². The molecule has 2 aliphatic rings. The minimum absolute atomic E-state index is 0.166. The first-order valence-electron chi connectivity index (χ1n) is 6.43. The summed E-state index contributed by atoms with van der Waals surface area (Å²) in [5.74, 6) is -0.166. The van der Waals surface area contributed by atoms with Gasteiger partial charge in [0.2, 0.25) is 6.34 Å². The lowest BCUT2D eigenvalue weighted by Crippen LogP contribution is -2.56. The van der Waals surface area contributed by atoms with E-state index in [0.29, 0.717) is 22.0 Å². The van der Waals surface area contributed by atoms with Crippen LogP contribution in [0.2, 0.25) is 0 Å². The molecular formula is C14H15N4O3+. The minimum Gasteiger partial charge on any atom is -0.332 e. The number of amides is 3. The SMILES string of the molecule is CN(O)C(=O)[N+]12C=NC=C1CN(C)C(=O)c1ccccc12. The molecule has 0 aliphatic carbocycles. The molecule has 1 N–H and O–H groups in total. The summed E-state index contributed by atoms with van der Waals surface area (Å²) in [5.41, 5.74) is 1.53. The summed E-state index contributed by atoms with van der Waals surface area (Å²) in [4.78, 5) is 30.7. The number of likely N-dealkylation sites (N-methyl/N-ethyl adjacent to an activating group) is 1. The number of rotatable bonds is 0. The van der Waals surface area contributed by atoms with Gasteiger partial charge in [-0.15, -0.1) is 4.48 Å². The quantitative estimate of drug-likeness (QED) is 0.445. The molecule has 0 radical (unpaired) electrons. The van der Waals surface area contributed by atoms with Gasteiger partial charge in [0.25, 0.3) is 5.91 Å². The zero-order valence-electron chi connectivity index (χ0n) is 11.7. The largest absolute Gasteiger partial charge is 0.458 e. The summed E-state index contributed by atoms with van der Waals surface area (Å²) in [6, 6.07) is 6.30. The molecule has 0 aromatic heterocycles. The highest BCUT2D eigenvalue weighted by atomic mass is 16.5. The number of nitrogens with zero attached hydrogens (tertiary/aromatic N) is 4. The maximum Gasteiger partial charge on any atom is 0.458 e. The maximum absolute atomic E-state index is 12.6. The van der Waals surface area contributed by atoms with Gasteiger partial charge in [-0.05, 0) is 6.07 Å². The molecule has 1 aromatic rings. The fourth-order valence-electron chi connectivity index (χ4n) is 2.74. The second-order valence-corrected chi connectivity index (χ2v) is 5.09. The number of quaternary nitrogens is 1. The molecule has 0 saturated heterocycles. The summed E-state index contributed by atoms with van der Waals surface area (Å²) in [6.07, 6.45) is 3.00. The van der Waals surface area contributed by atoms with Crippen molar-refractivity contribution >= 4 is 24.0 Å². The van der Waals surface area contributed by atoms with Crippen LogP contribution in [0, 0.1) is 0 Å². The number of aliphatic imine (C=N–C) groups is 1. The molecule has 108 valence electrons. The topological polar surface area (TPSA) is 73.2 Å². The second kappa shape index (κ2) is 4.51. The molecule has 0 bridgehead atoms. The number of para-hydroxylation sites is 1. The van der Waals surface area contributed by atoms with Gasteiger partial charge in [0, 0.05) is 20.2 Å². The van der Waals surface area contributed by atoms with Gasteiger partial charge < -0.3 is 4.90 Å².